The Hall–Kier alpha value is -3.48. The van der Waals surface area contributed by atoms with Crippen molar-refractivity contribution in [1.82, 2.24) is 20.0 Å². The summed E-state index contributed by atoms with van der Waals surface area (Å²) < 4.78 is 61.7. The molecule has 0 aliphatic carbocycles. The van der Waals surface area contributed by atoms with E-state index < -0.39 is 48.8 Å². The normalized spacial score (nSPS) is 19.5. The van der Waals surface area contributed by atoms with Crippen LogP contribution in [0, 0.1) is 0 Å². The molecule has 1 N–H and O–H groups in total. The van der Waals surface area contributed by atoms with Crippen molar-refractivity contribution in [3.8, 4) is 0 Å². The predicted molar refractivity (Wildman–Crippen MR) is 274 cm³/mol. The molecule has 2 amide bonds. The van der Waals surface area contributed by atoms with Crippen molar-refractivity contribution in [3.05, 3.63) is 69.7 Å². The average molecular weight is 1110 g/mol. The fourth-order valence-electron chi connectivity index (χ4n) is 7.44. The van der Waals surface area contributed by atoms with Crippen molar-refractivity contribution in [2.45, 2.75) is 130 Å². The van der Waals surface area contributed by atoms with Gasteiger partial charge in [0.2, 0.25) is 5.97 Å². The third kappa shape index (κ3) is 30.0. The molecule has 2 unspecified atom stereocenters. The van der Waals surface area contributed by atoms with Crippen LogP contribution < -0.4 is 34.9 Å². The van der Waals surface area contributed by atoms with Gasteiger partial charge in [-0.2, -0.15) is 0 Å². The van der Waals surface area contributed by atoms with Gasteiger partial charge in [0.15, 0.2) is 19.7 Å². The van der Waals surface area contributed by atoms with Crippen molar-refractivity contribution >= 4 is 86.8 Å². The zero-order valence-electron chi connectivity index (χ0n) is 43.8. The van der Waals surface area contributed by atoms with Crippen LogP contribution in [0.3, 0.4) is 0 Å². The van der Waals surface area contributed by atoms with Crippen LogP contribution in [-0.2, 0) is 75.6 Å². The summed E-state index contributed by atoms with van der Waals surface area (Å²) in [5, 5.41) is 4.60. The molecule has 403 valence electrons. The molecule has 2 aromatic carbocycles. The summed E-state index contributed by atoms with van der Waals surface area (Å²) in [6.45, 7) is 18.0. The molecule has 3 radical (unpaired) electrons. The zero-order valence-corrected chi connectivity index (χ0v) is 48.9. The molecule has 25 heteroatoms. The molecule has 73 heavy (non-hydrogen) atoms. The van der Waals surface area contributed by atoms with Crippen molar-refractivity contribution in [3.63, 3.8) is 0 Å². The van der Waals surface area contributed by atoms with Gasteiger partial charge in [-0.05, 0) is 103 Å². The van der Waals surface area contributed by atoms with Crippen LogP contribution in [0.2, 0.25) is 10.0 Å². The van der Waals surface area contributed by atoms with E-state index >= 15 is 0 Å². The van der Waals surface area contributed by atoms with Gasteiger partial charge in [0.05, 0.1) is 23.0 Å². The van der Waals surface area contributed by atoms with Gasteiger partial charge in [-0.1, -0.05) is 47.5 Å². The van der Waals surface area contributed by atoms with Crippen molar-refractivity contribution in [2.75, 3.05) is 62.3 Å². The topological polar surface area (TPSA) is 239 Å². The molecule has 2 atom stereocenters. The van der Waals surface area contributed by atoms with E-state index in [1.807, 2.05) is 90.1 Å². The van der Waals surface area contributed by atoms with Gasteiger partial charge in [-0.15, -0.1) is 0 Å². The molecule has 2 aromatic rings. The fraction of sp³-hybridized carbons (Fsp3) is 0.625. The van der Waals surface area contributed by atoms with Gasteiger partial charge >= 0.3 is 53.7 Å². The maximum absolute atomic E-state index is 12.3. The summed E-state index contributed by atoms with van der Waals surface area (Å²) >= 11 is 11.8. The monoisotopic (exact) mass is 1110 g/mol. The van der Waals surface area contributed by atoms with Gasteiger partial charge in [0.1, 0.15) is 17.0 Å². The summed E-state index contributed by atoms with van der Waals surface area (Å²) in [4.78, 5) is 77.3. The Morgan fingerprint density at radius 2 is 1.05 bits per heavy atom. The van der Waals surface area contributed by atoms with Gasteiger partial charge < -0.3 is 37.3 Å². The Morgan fingerprint density at radius 1 is 0.644 bits per heavy atom. The van der Waals surface area contributed by atoms with Crippen LogP contribution in [-0.4, -0.2) is 167 Å². The molecule has 0 spiro atoms. The number of carbonyl (C=O) groups is 6. The number of nitrogens with zero attached hydrogens (tertiary/aromatic N) is 3. The molecule has 4 saturated heterocycles. The number of hydrogen-bond acceptors (Lipinski definition) is 17. The number of amides is 2. The number of halogens is 2. The van der Waals surface area contributed by atoms with E-state index in [1.165, 1.54) is 6.92 Å². The Kier molecular flexibility index (Phi) is 29.8. The number of benzene rings is 2. The summed E-state index contributed by atoms with van der Waals surface area (Å²) in [5.74, 6) is -0.645. The third-order valence-electron chi connectivity index (χ3n) is 10.7. The van der Waals surface area contributed by atoms with E-state index in [0.717, 1.165) is 44.2 Å². The van der Waals surface area contributed by atoms with Crippen LogP contribution in [0.4, 0.5) is 9.59 Å². The van der Waals surface area contributed by atoms with Crippen LogP contribution in [0.15, 0.2) is 48.5 Å². The van der Waals surface area contributed by atoms with E-state index in [4.69, 9.17) is 32.7 Å². The SMILES string of the molecule is CC(=O)OOC(C)=O.CC(C)(C)OC(=O)N1CCC(=O)CC1.CC(C)(C)OC(=O)N1CCC(N2CCS(=O)(=O)CC2Cc2ccc(Cl)cc2)CC1.O=S1(=O)CCNC(Cc2ccc(Cl)cc2)C1.[B-]OC(C)=O.[Na+]. The third-order valence-corrected chi connectivity index (χ3v) is 14.6. The van der Waals surface area contributed by atoms with Crippen LogP contribution >= 0.6 is 23.2 Å². The zero-order chi connectivity index (χ0) is 54.5. The Labute approximate surface area is 464 Å². The molecule has 4 fully saturated rings. The van der Waals surface area contributed by atoms with Crippen LogP contribution in [0.5, 0.6) is 0 Å². The summed E-state index contributed by atoms with van der Waals surface area (Å²) in [7, 11) is -1.56. The molecule has 0 bridgehead atoms. The first-order chi connectivity index (χ1) is 33.4. The molecule has 0 aromatic heterocycles. The first kappa shape index (κ1) is 67.5. The second-order valence-corrected chi connectivity index (χ2v) is 24.7. The summed E-state index contributed by atoms with van der Waals surface area (Å²) in [5.41, 5.74) is 1.24. The summed E-state index contributed by atoms with van der Waals surface area (Å²) in [6, 6.07) is 15.4. The van der Waals surface area contributed by atoms with E-state index in [1.54, 1.807) is 9.80 Å². The van der Waals surface area contributed by atoms with Crippen molar-refractivity contribution < 1.29 is 99.1 Å². The fourth-order valence-corrected chi connectivity index (χ4v) is 10.7. The van der Waals surface area contributed by atoms with E-state index in [2.05, 4.69) is 32.7 Å². The minimum atomic E-state index is -3.03. The minimum Gasteiger partial charge on any atom is -0.793 e. The maximum Gasteiger partial charge on any atom is 1.00 e. The second-order valence-electron chi connectivity index (χ2n) is 19.4. The largest absolute Gasteiger partial charge is 1.00 e. The van der Waals surface area contributed by atoms with Gasteiger partial charge in [0.25, 0.3) is 0 Å². The molecular weight excluding hydrogens is 1040 g/mol. The molecule has 4 aliphatic rings. The number of ether oxygens (including phenoxy) is 2. The number of piperidine rings is 2. The first-order valence-electron chi connectivity index (χ1n) is 23.4. The smallest absolute Gasteiger partial charge is 0.793 e. The number of Topliss-reactive ketones (excluding diaryl/α,β-unsaturated/α-hetero) is 1. The number of ketones is 1. The number of likely N-dealkylation sites (tertiary alicyclic amines) is 2. The van der Waals surface area contributed by atoms with Crippen LogP contribution in [0.1, 0.15) is 99.1 Å². The van der Waals surface area contributed by atoms with Crippen molar-refractivity contribution in [1.29, 1.82) is 0 Å². The van der Waals surface area contributed by atoms with Gasteiger partial charge in [0, 0.05) is 101 Å². The Balaban J connectivity index is 0.000000513. The predicted octanol–water partition coefficient (Wildman–Crippen LogP) is 2.90. The Morgan fingerprint density at radius 3 is 1.45 bits per heavy atom. The number of rotatable bonds is 5. The van der Waals surface area contributed by atoms with E-state index in [-0.39, 0.29) is 88.7 Å². The molecule has 0 saturated carbocycles. The van der Waals surface area contributed by atoms with E-state index in [0.29, 0.717) is 68.6 Å². The second kappa shape index (κ2) is 32.2. The average Bonchev–Trinajstić information content (AvgIpc) is 3.27. The number of carbonyl (C=O) groups excluding carboxylic acids is 6. The molecule has 4 aliphatic heterocycles. The molecule has 19 nitrogen and oxygen atoms in total. The standard InChI is InChI=1S/C21H31ClN2O4S.C11H14ClNO2S.C10H17NO3.C4H6O4.C2H3BO2.Na/c1-21(2,3)28-20(25)23-10-8-18(9-11-23)24-12-13-29(26,27)15-19(24)14-16-4-6-17(22)7-5-16;12-10-3-1-9(2-4-10)7-11-8-16(14,15)6-5-13-11;1-10(2,3)14-9(13)11-6-4-8(12)5-7-11;1-3(5)7-8-4(2)6;1-2(4)5-3;/h4-7,18-19H,8-15H2,1-3H3;1-4,11,13H,5-8H2;4-7H2,1-3H3;1-2H3;1H3;/q;;;;-1;+1. The quantitative estimate of drug-likeness (QED) is 0.257. The summed E-state index contributed by atoms with van der Waals surface area (Å²) in [6.07, 6.45) is 3.41. The maximum atomic E-state index is 12.3. The van der Waals surface area contributed by atoms with Crippen molar-refractivity contribution in [2.24, 2.45) is 0 Å². The number of hydrogen-bond donors (Lipinski definition) is 1. The first-order valence-corrected chi connectivity index (χ1v) is 27.8. The molecular formula is C48H71BCl2N4NaO15S2. The molecule has 6 rings (SSSR count). The van der Waals surface area contributed by atoms with Crippen LogP contribution in [0.25, 0.3) is 0 Å². The van der Waals surface area contributed by atoms with Gasteiger partial charge in [-0.25, -0.2) is 45.8 Å². The Bertz CT molecular complexity index is 2290. The number of sulfone groups is 2. The van der Waals surface area contributed by atoms with Gasteiger partial charge in [-0.3, -0.25) is 14.5 Å². The minimum absolute atomic E-state index is 0. The van der Waals surface area contributed by atoms with E-state index in [9.17, 15) is 45.6 Å². The number of nitrogens with one attached hydrogen (secondary N) is 1. The molecule has 4 heterocycles.